The summed E-state index contributed by atoms with van der Waals surface area (Å²) in [7, 11) is 0. The van der Waals surface area contributed by atoms with E-state index in [4.69, 9.17) is 0 Å². The number of aromatic hydroxyl groups is 1. The van der Waals surface area contributed by atoms with Crippen molar-refractivity contribution in [2.24, 2.45) is 0 Å². The van der Waals surface area contributed by atoms with Gasteiger partial charge in [-0.25, -0.2) is 4.98 Å². The Kier molecular flexibility index (Phi) is 3.80. The average Bonchev–Trinajstić information content (AvgIpc) is 2.96. The first kappa shape index (κ1) is 15.8. The van der Waals surface area contributed by atoms with E-state index in [1.165, 1.54) is 11.3 Å². The average molecular weight is 355 g/mol. The number of thiazole rings is 1. The summed E-state index contributed by atoms with van der Waals surface area (Å²) < 4.78 is 0.957. The zero-order valence-electron chi connectivity index (χ0n) is 13.7. The number of benzene rings is 1. The number of anilines is 1. The molecule has 1 amide bonds. The standard InChI is InChI=1S/C18H17N3O3S/c1-9-6-7-12-13(8-9)25-18(20-12)21-17(24)14-15(22)10-4-2-3-5-11(10)19-16(14)23/h6-8H,2-5H2,1H3,(H2,19,22,23)(H,20,21,24). The fraction of sp³-hybridized carbons (Fsp3) is 0.278. The fourth-order valence-corrected chi connectivity index (χ4v) is 4.18. The van der Waals surface area contributed by atoms with Crippen LogP contribution >= 0.6 is 11.3 Å². The van der Waals surface area contributed by atoms with E-state index in [2.05, 4.69) is 15.3 Å². The molecular weight excluding hydrogens is 338 g/mol. The van der Waals surface area contributed by atoms with Gasteiger partial charge >= 0.3 is 0 Å². The maximum Gasteiger partial charge on any atom is 0.266 e. The van der Waals surface area contributed by atoms with E-state index < -0.39 is 11.5 Å². The van der Waals surface area contributed by atoms with Crippen LogP contribution in [-0.2, 0) is 12.8 Å². The van der Waals surface area contributed by atoms with Crippen molar-refractivity contribution in [1.29, 1.82) is 0 Å². The van der Waals surface area contributed by atoms with Crippen molar-refractivity contribution >= 4 is 32.6 Å². The number of nitrogens with one attached hydrogen (secondary N) is 2. The summed E-state index contributed by atoms with van der Waals surface area (Å²) >= 11 is 1.34. The summed E-state index contributed by atoms with van der Waals surface area (Å²) in [5.74, 6) is -0.837. The van der Waals surface area contributed by atoms with Gasteiger partial charge in [0.25, 0.3) is 11.5 Å². The van der Waals surface area contributed by atoms with Gasteiger partial charge in [-0.1, -0.05) is 17.4 Å². The van der Waals surface area contributed by atoms with E-state index >= 15 is 0 Å². The minimum absolute atomic E-state index is 0.201. The Balaban J connectivity index is 1.69. The number of nitrogens with zero attached hydrogens (tertiary/aromatic N) is 1. The monoisotopic (exact) mass is 355 g/mol. The zero-order chi connectivity index (χ0) is 17.6. The number of aromatic amines is 1. The van der Waals surface area contributed by atoms with Gasteiger partial charge < -0.3 is 10.1 Å². The van der Waals surface area contributed by atoms with Gasteiger partial charge in [0.15, 0.2) is 5.13 Å². The van der Waals surface area contributed by atoms with Crippen molar-refractivity contribution in [3.05, 3.63) is 50.9 Å². The molecule has 3 aromatic rings. The van der Waals surface area contributed by atoms with Crippen LogP contribution in [0.4, 0.5) is 5.13 Å². The van der Waals surface area contributed by atoms with Crippen LogP contribution < -0.4 is 10.9 Å². The number of rotatable bonds is 2. The lowest BCUT2D eigenvalue weighted by atomic mass is 9.94. The minimum Gasteiger partial charge on any atom is -0.507 e. The van der Waals surface area contributed by atoms with E-state index in [0.717, 1.165) is 40.7 Å². The quantitative estimate of drug-likeness (QED) is 0.658. The first-order chi connectivity index (χ1) is 12.0. The molecule has 7 heteroatoms. The third-order valence-electron chi connectivity index (χ3n) is 4.47. The van der Waals surface area contributed by atoms with Crippen molar-refractivity contribution in [2.45, 2.75) is 32.6 Å². The topological polar surface area (TPSA) is 95.1 Å². The Morgan fingerprint density at radius 1 is 1.32 bits per heavy atom. The van der Waals surface area contributed by atoms with Crippen LogP contribution in [0.3, 0.4) is 0 Å². The highest BCUT2D eigenvalue weighted by molar-refractivity contribution is 7.22. The van der Waals surface area contributed by atoms with Crippen LogP contribution in [-0.4, -0.2) is 21.0 Å². The molecule has 4 rings (SSSR count). The number of pyridine rings is 1. The molecule has 0 saturated heterocycles. The lowest BCUT2D eigenvalue weighted by Crippen LogP contribution is -2.26. The predicted molar refractivity (Wildman–Crippen MR) is 97.7 cm³/mol. The number of fused-ring (bicyclic) bond motifs is 2. The number of amides is 1. The lowest BCUT2D eigenvalue weighted by molar-refractivity contribution is 0.102. The van der Waals surface area contributed by atoms with Crippen molar-refractivity contribution < 1.29 is 9.90 Å². The summed E-state index contributed by atoms with van der Waals surface area (Å²) in [6.45, 7) is 1.99. The number of hydrogen-bond acceptors (Lipinski definition) is 5. The predicted octanol–water partition coefficient (Wildman–Crippen LogP) is 3.13. The Bertz CT molecular complexity index is 1050. The highest BCUT2D eigenvalue weighted by atomic mass is 32.1. The normalized spacial score (nSPS) is 13.6. The minimum atomic E-state index is -0.636. The first-order valence-corrected chi connectivity index (χ1v) is 9.00. The molecule has 0 bridgehead atoms. The zero-order valence-corrected chi connectivity index (χ0v) is 14.5. The second-order valence-corrected chi connectivity index (χ2v) is 7.32. The van der Waals surface area contributed by atoms with Crippen molar-refractivity contribution in [1.82, 2.24) is 9.97 Å². The number of hydrogen-bond donors (Lipinski definition) is 3. The molecule has 0 radical (unpaired) electrons. The first-order valence-electron chi connectivity index (χ1n) is 8.18. The summed E-state index contributed by atoms with van der Waals surface area (Å²) in [6.07, 6.45) is 3.29. The molecular formula is C18H17N3O3S. The van der Waals surface area contributed by atoms with Crippen LogP contribution in [0.2, 0.25) is 0 Å². The second-order valence-electron chi connectivity index (χ2n) is 6.29. The smallest absolute Gasteiger partial charge is 0.266 e. The Morgan fingerprint density at radius 3 is 2.96 bits per heavy atom. The SMILES string of the molecule is Cc1ccc2nc(NC(=O)c3c(O)c4c([nH]c3=O)CCCC4)sc2c1. The highest BCUT2D eigenvalue weighted by Gasteiger charge is 2.24. The molecule has 3 N–H and O–H groups in total. The van der Waals surface area contributed by atoms with Crippen LogP contribution in [0.15, 0.2) is 23.0 Å². The molecule has 0 spiro atoms. The summed E-state index contributed by atoms with van der Waals surface area (Å²) in [5, 5.41) is 13.5. The van der Waals surface area contributed by atoms with Gasteiger partial charge in [-0.3, -0.25) is 14.9 Å². The molecule has 0 fully saturated rings. The number of aromatic nitrogens is 2. The van der Waals surface area contributed by atoms with E-state index in [0.29, 0.717) is 17.1 Å². The Hall–Kier alpha value is -2.67. The molecule has 0 atom stereocenters. The van der Waals surface area contributed by atoms with Gasteiger partial charge in [-0.2, -0.15) is 0 Å². The third-order valence-corrected chi connectivity index (χ3v) is 5.41. The molecule has 0 aliphatic heterocycles. The molecule has 1 aromatic carbocycles. The van der Waals surface area contributed by atoms with Crippen LogP contribution in [0.5, 0.6) is 5.75 Å². The highest BCUT2D eigenvalue weighted by Crippen LogP contribution is 2.30. The molecule has 0 saturated carbocycles. The summed E-state index contributed by atoms with van der Waals surface area (Å²) in [6, 6.07) is 5.83. The van der Waals surface area contributed by atoms with Gasteiger partial charge in [-0.15, -0.1) is 0 Å². The number of carbonyl (C=O) groups excluding carboxylic acids is 1. The Labute approximate surface area is 147 Å². The fourth-order valence-electron chi connectivity index (χ4n) is 3.22. The Morgan fingerprint density at radius 2 is 2.12 bits per heavy atom. The number of carbonyl (C=O) groups is 1. The lowest BCUT2D eigenvalue weighted by Gasteiger charge is -2.17. The molecule has 0 unspecified atom stereocenters. The number of H-pyrrole nitrogens is 1. The van der Waals surface area contributed by atoms with Gasteiger partial charge in [-0.05, 0) is 50.3 Å². The largest absolute Gasteiger partial charge is 0.507 e. The summed E-state index contributed by atoms with van der Waals surface area (Å²) in [4.78, 5) is 31.9. The van der Waals surface area contributed by atoms with Gasteiger partial charge in [0.05, 0.1) is 10.2 Å². The van der Waals surface area contributed by atoms with E-state index in [1.54, 1.807) is 0 Å². The van der Waals surface area contributed by atoms with Crippen LogP contribution in [0.1, 0.15) is 40.0 Å². The molecule has 2 aromatic heterocycles. The van der Waals surface area contributed by atoms with E-state index in [1.807, 2.05) is 25.1 Å². The maximum atomic E-state index is 12.6. The van der Waals surface area contributed by atoms with Crippen molar-refractivity contribution in [3.8, 4) is 5.75 Å². The molecule has 25 heavy (non-hydrogen) atoms. The third kappa shape index (κ3) is 2.80. The van der Waals surface area contributed by atoms with Crippen molar-refractivity contribution in [2.75, 3.05) is 5.32 Å². The molecule has 6 nitrogen and oxygen atoms in total. The van der Waals surface area contributed by atoms with Gasteiger partial charge in [0, 0.05) is 11.3 Å². The molecule has 1 aliphatic rings. The molecule has 128 valence electrons. The number of aryl methyl sites for hydroxylation is 2. The van der Waals surface area contributed by atoms with E-state index in [-0.39, 0.29) is 11.3 Å². The second kappa shape index (κ2) is 6.00. The van der Waals surface area contributed by atoms with Crippen LogP contribution in [0, 0.1) is 6.92 Å². The molecule has 2 heterocycles. The van der Waals surface area contributed by atoms with Gasteiger partial charge in [0.2, 0.25) is 0 Å². The molecule has 1 aliphatic carbocycles. The van der Waals surface area contributed by atoms with Crippen LogP contribution in [0.25, 0.3) is 10.2 Å². The van der Waals surface area contributed by atoms with Crippen molar-refractivity contribution in [3.63, 3.8) is 0 Å². The maximum absolute atomic E-state index is 12.6. The van der Waals surface area contributed by atoms with Gasteiger partial charge in [0.1, 0.15) is 11.3 Å². The van der Waals surface area contributed by atoms with E-state index in [9.17, 15) is 14.7 Å². The summed E-state index contributed by atoms with van der Waals surface area (Å²) in [5.41, 5.74) is 2.51.